The molecule has 1 aliphatic rings. The second-order valence-electron chi connectivity index (χ2n) is 5.49. The maximum Gasteiger partial charge on any atom is 0.191 e. The third-order valence-electron chi connectivity index (χ3n) is 3.78. The third kappa shape index (κ3) is 5.37. The second-order valence-corrected chi connectivity index (χ2v) is 6.52. The van der Waals surface area contributed by atoms with Gasteiger partial charge >= 0.3 is 0 Å². The minimum absolute atomic E-state index is 0. The Morgan fingerprint density at radius 2 is 2.21 bits per heavy atom. The van der Waals surface area contributed by atoms with E-state index < -0.39 is 0 Å². The van der Waals surface area contributed by atoms with Gasteiger partial charge in [0.15, 0.2) is 5.96 Å². The molecule has 0 fully saturated rings. The molecule has 0 radical (unpaired) electrons. The molecule has 1 aliphatic heterocycles. The number of guanidine groups is 1. The summed E-state index contributed by atoms with van der Waals surface area (Å²) in [5, 5.41) is 8.79. The molecule has 4 nitrogen and oxygen atoms in total. The molecule has 1 aromatic carbocycles. The highest BCUT2D eigenvalue weighted by Crippen LogP contribution is 2.25. The van der Waals surface area contributed by atoms with E-state index in [-0.39, 0.29) is 24.0 Å². The van der Waals surface area contributed by atoms with Gasteiger partial charge in [-0.1, -0.05) is 18.2 Å². The summed E-state index contributed by atoms with van der Waals surface area (Å²) in [4.78, 5) is 5.91. The highest BCUT2D eigenvalue weighted by Gasteiger charge is 2.11. The topological polar surface area (TPSA) is 45.7 Å². The molecule has 2 heterocycles. The Morgan fingerprint density at radius 1 is 1.29 bits per heavy atom. The molecule has 0 amide bonds. The summed E-state index contributed by atoms with van der Waals surface area (Å²) in [6, 6.07) is 10.7. The lowest BCUT2D eigenvalue weighted by Crippen LogP contribution is -2.38. The van der Waals surface area contributed by atoms with Crippen LogP contribution in [0.1, 0.15) is 22.9 Å². The number of thiophene rings is 1. The molecule has 0 saturated heterocycles. The Hall–Kier alpha value is -1.28. The maximum atomic E-state index is 5.55. The van der Waals surface area contributed by atoms with Gasteiger partial charge in [0.1, 0.15) is 5.75 Å². The first-order valence-electron chi connectivity index (χ1n) is 8.14. The van der Waals surface area contributed by atoms with Crippen molar-refractivity contribution < 1.29 is 4.74 Å². The average molecular weight is 457 g/mol. The van der Waals surface area contributed by atoms with Crippen LogP contribution in [0.15, 0.2) is 40.7 Å². The molecule has 0 spiro atoms. The molecule has 0 aliphatic carbocycles. The van der Waals surface area contributed by atoms with Crippen molar-refractivity contribution in [3.05, 3.63) is 51.7 Å². The molecule has 0 saturated carbocycles. The number of rotatable bonds is 6. The van der Waals surface area contributed by atoms with Gasteiger partial charge in [-0.25, -0.2) is 4.99 Å². The van der Waals surface area contributed by atoms with Crippen LogP contribution in [-0.4, -0.2) is 25.7 Å². The predicted molar refractivity (Wildman–Crippen MR) is 112 cm³/mol. The first-order valence-corrected chi connectivity index (χ1v) is 9.02. The lowest BCUT2D eigenvalue weighted by atomic mass is 10.1. The Morgan fingerprint density at radius 3 is 3.00 bits per heavy atom. The van der Waals surface area contributed by atoms with Crippen LogP contribution in [0.2, 0.25) is 0 Å². The molecular weight excluding hydrogens is 433 g/mol. The van der Waals surface area contributed by atoms with Gasteiger partial charge in [-0.2, -0.15) is 0 Å². The van der Waals surface area contributed by atoms with Crippen molar-refractivity contribution in [2.24, 2.45) is 4.99 Å². The SMILES string of the molecule is CCNC(=NCc1cccs1)NCCc1ccc2c(c1)CCO2.I. The molecule has 0 atom stereocenters. The summed E-state index contributed by atoms with van der Waals surface area (Å²) in [5.74, 6) is 1.93. The number of fused-ring (bicyclic) bond motifs is 1. The molecule has 0 bridgehead atoms. The molecule has 2 N–H and O–H groups in total. The number of hydrogen-bond acceptors (Lipinski definition) is 3. The molecule has 3 rings (SSSR count). The van der Waals surface area contributed by atoms with E-state index in [0.29, 0.717) is 0 Å². The molecule has 0 unspecified atom stereocenters. The fraction of sp³-hybridized carbons (Fsp3) is 0.389. The lowest BCUT2D eigenvalue weighted by Gasteiger charge is -2.11. The summed E-state index contributed by atoms with van der Waals surface area (Å²) >= 11 is 1.74. The van der Waals surface area contributed by atoms with Crippen molar-refractivity contribution in [3.8, 4) is 5.75 Å². The van der Waals surface area contributed by atoms with Gasteiger partial charge in [0.05, 0.1) is 13.2 Å². The van der Waals surface area contributed by atoms with E-state index in [9.17, 15) is 0 Å². The van der Waals surface area contributed by atoms with E-state index in [1.165, 1.54) is 16.0 Å². The van der Waals surface area contributed by atoms with Crippen LogP contribution in [0.25, 0.3) is 0 Å². The largest absolute Gasteiger partial charge is 0.493 e. The van der Waals surface area contributed by atoms with Gasteiger partial charge in [-0.15, -0.1) is 35.3 Å². The van der Waals surface area contributed by atoms with Crippen LogP contribution in [0.3, 0.4) is 0 Å². The molecule has 24 heavy (non-hydrogen) atoms. The number of hydrogen-bond donors (Lipinski definition) is 2. The molecule has 6 heteroatoms. The highest BCUT2D eigenvalue weighted by atomic mass is 127. The van der Waals surface area contributed by atoms with Crippen molar-refractivity contribution in [1.82, 2.24) is 10.6 Å². The number of aliphatic imine (C=N–C) groups is 1. The number of benzene rings is 1. The molecule has 130 valence electrons. The summed E-state index contributed by atoms with van der Waals surface area (Å²) in [6.45, 7) is 5.37. The van der Waals surface area contributed by atoms with Gasteiger partial charge in [-0.3, -0.25) is 0 Å². The molecular formula is C18H24IN3OS. The van der Waals surface area contributed by atoms with E-state index >= 15 is 0 Å². The normalized spacial score (nSPS) is 13.0. The van der Waals surface area contributed by atoms with Crippen LogP contribution in [-0.2, 0) is 19.4 Å². The average Bonchev–Trinajstić information content (AvgIpc) is 3.23. The van der Waals surface area contributed by atoms with Crippen LogP contribution in [0, 0.1) is 0 Å². The third-order valence-corrected chi connectivity index (χ3v) is 4.64. The smallest absolute Gasteiger partial charge is 0.191 e. The van der Waals surface area contributed by atoms with Crippen LogP contribution < -0.4 is 15.4 Å². The van der Waals surface area contributed by atoms with E-state index in [0.717, 1.165) is 50.8 Å². The van der Waals surface area contributed by atoms with Gasteiger partial charge < -0.3 is 15.4 Å². The number of nitrogens with zero attached hydrogens (tertiary/aromatic N) is 1. The summed E-state index contributed by atoms with van der Waals surface area (Å²) in [6.07, 6.45) is 2.01. The zero-order chi connectivity index (χ0) is 15.9. The first kappa shape index (κ1) is 19.1. The zero-order valence-corrected chi connectivity index (χ0v) is 17.0. The van der Waals surface area contributed by atoms with Crippen molar-refractivity contribution in [2.45, 2.75) is 26.3 Å². The highest BCUT2D eigenvalue weighted by molar-refractivity contribution is 14.0. The van der Waals surface area contributed by atoms with Crippen molar-refractivity contribution in [2.75, 3.05) is 19.7 Å². The fourth-order valence-electron chi connectivity index (χ4n) is 2.62. The Bertz CT molecular complexity index is 658. The molecule has 1 aromatic heterocycles. The lowest BCUT2D eigenvalue weighted by molar-refractivity contribution is 0.357. The quantitative estimate of drug-likeness (QED) is 0.396. The van der Waals surface area contributed by atoms with Crippen molar-refractivity contribution >= 4 is 41.3 Å². The summed E-state index contributed by atoms with van der Waals surface area (Å²) < 4.78 is 5.55. The van der Waals surface area contributed by atoms with Crippen LogP contribution in [0.4, 0.5) is 0 Å². The van der Waals surface area contributed by atoms with Gasteiger partial charge in [0.2, 0.25) is 0 Å². The van der Waals surface area contributed by atoms with E-state index in [1.807, 2.05) is 0 Å². The monoisotopic (exact) mass is 457 g/mol. The van der Waals surface area contributed by atoms with Gasteiger partial charge in [0, 0.05) is 24.4 Å². The summed E-state index contributed by atoms with van der Waals surface area (Å²) in [7, 11) is 0. The van der Waals surface area contributed by atoms with Gasteiger partial charge in [0.25, 0.3) is 0 Å². The zero-order valence-electron chi connectivity index (χ0n) is 13.9. The van der Waals surface area contributed by atoms with Gasteiger partial charge in [-0.05, 0) is 42.0 Å². The minimum atomic E-state index is 0. The number of ether oxygens (including phenoxy) is 1. The van der Waals surface area contributed by atoms with Crippen LogP contribution in [0.5, 0.6) is 5.75 Å². The minimum Gasteiger partial charge on any atom is -0.493 e. The van der Waals surface area contributed by atoms with E-state index in [2.05, 4.69) is 58.3 Å². The Labute approximate surface area is 164 Å². The fourth-order valence-corrected chi connectivity index (χ4v) is 3.25. The van der Waals surface area contributed by atoms with Crippen LogP contribution >= 0.6 is 35.3 Å². The molecule has 2 aromatic rings. The van der Waals surface area contributed by atoms with Crippen molar-refractivity contribution in [3.63, 3.8) is 0 Å². The van der Waals surface area contributed by atoms with Crippen molar-refractivity contribution in [1.29, 1.82) is 0 Å². The van der Waals surface area contributed by atoms with E-state index in [4.69, 9.17) is 4.74 Å². The maximum absolute atomic E-state index is 5.55. The Kier molecular flexibility index (Phi) is 7.84. The second kappa shape index (κ2) is 9.88. The summed E-state index contributed by atoms with van der Waals surface area (Å²) in [5.41, 5.74) is 2.68. The predicted octanol–water partition coefficient (Wildman–Crippen LogP) is 3.60. The Balaban J connectivity index is 0.00000208. The van der Waals surface area contributed by atoms with E-state index in [1.54, 1.807) is 11.3 Å². The first-order chi connectivity index (χ1) is 11.3. The standard InChI is InChI=1S/C18H23N3OS.HI/c1-2-19-18(21-13-16-4-3-11-23-16)20-9-7-14-5-6-17-15(12-14)8-10-22-17;/h3-6,11-12H,2,7-10,13H2,1H3,(H2,19,20,21);1H. The number of halogens is 1. The number of nitrogens with one attached hydrogen (secondary N) is 2.